The Morgan fingerprint density at radius 3 is 2.68 bits per heavy atom. The highest BCUT2D eigenvalue weighted by atomic mass is 79.9. The van der Waals surface area contributed by atoms with Gasteiger partial charge >= 0.3 is 0 Å². The predicted octanol–water partition coefficient (Wildman–Crippen LogP) is 4.49. The highest BCUT2D eigenvalue weighted by Crippen LogP contribution is 2.27. The van der Waals surface area contributed by atoms with E-state index in [1.165, 1.54) is 12.1 Å². The Morgan fingerprint density at radius 1 is 1.24 bits per heavy atom. The number of likely N-dealkylation sites (N-methyl/N-ethyl adjacent to an activating group) is 1. The lowest BCUT2D eigenvalue weighted by molar-refractivity contribution is -0.120. The van der Waals surface area contributed by atoms with Crippen LogP contribution in [0.4, 0.5) is 4.39 Å². The molecule has 0 saturated heterocycles. The van der Waals surface area contributed by atoms with Gasteiger partial charge in [-0.1, -0.05) is 24.3 Å². The minimum absolute atomic E-state index is 0.00260. The highest BCUT2D eigenvalue weighted by Gasteiger charge is 2.15. The molecule has 0 heterocycles. The molecule has 2 aromatic carbocycles. The Morgan fingerprint density at radius 2 is 2.00 bits per heavy atom. The fraction of sp³-hybridized carbons (Fsp3) is 0.316. The van der Waals surface area contributed by atoms with Gasteiger partial charge in [0.05, 0.1) is 6.04 Å². The maximum absolute atomic E-state index is 13.4. The van der Waals surface area contributed by atoms with Gasteiger partial charge in [-0.25, -0.2) is 4.39 Å². The van der Waals surface area contributed by atoms with Crippen molar-refractivity contribution in [3.8, 4) is 0 Å². The van der Waals surface area contributed by atoms with Gasteiger partial charge in [-0.15, -0.1) is 11.8 Å². The maximum Gasteiger partial charge on any atom is 0.220 e. The molecule has 2 rings (SSSR count). The van der Waals surface area contributed by atoms with Gasteiger partial charge in [-0.05, 0) is 59.9 Å². The summed E-state index contributed by atoms with van der Waals surface area (Å²) in [7, 11) is 3.84. The molecule has 0 spiro atoms. The standard InChI is InChI=1S/C19H22BrFN2OS/c1-23(2)17(14-6-5-7-15(21)12-14)13-22-19(24)10-11-25-18-9-4-3-8-16(18)20/h3-9,12,17H,10-11,13H2,1-2H3,(H,22,24). The lowest BCUT2D eigenvalue weighted by Gasteiger charge is -2.25. The van der Waals surface area contributed by atoms with Crippen molar-refractivity contribution >= 4 is 33.6 Å². The summed E-state index contributed by atoms with van der Waals surface area (Å²) in [4.78, 5) is 15.2. The molecule has 1 amide bonds. The van der Waals surface area contributed by atoms with Crippen LogP contribution in [0.15, 0.2) is 57.9 Å². The van der Waals surface area contributed by atoms with Crippen molar-refractivity contribution in [2.24, 2.45) is 0 Å². The smallest absolute Gasteiger partial charge is 0.220 e. The van der Waals surface area contributed by atoms with Crippen molar-refractivity contribution in [1.29, 1.82) is 0 Å². The molecule has 0 aliphatic carbocycles. The molecule has 6 heteroatoms. The number of hydrogen-bond donors (Lipinski definition) is 1. The molecule has 1 atom stereocenters. The molecule has 134 valence electrons. The van der Waals surface area contributed by atoms with Gasteiger partial charge in [0.15, 0.2) is 0 Å². The van der Waals surface area contributed by atoms with Crippen molar-refractivity contribution < 1.29 is 9.18 Å². The van der Waals surface area contributed by atoms with Crippen LogP contribution < -0.4 is 5.32 Å². The van der Waals surface area contributed by atoms with Crippen LogP contribution >= 0.6 is 27.7 Å². The van der Waals surface area contributed by atoms with Gasteiger partial charge in [0.1, 0.15) is 5.82 Å². The quantitative estimate of drug-likeness (QED) is 0.633. The summed E-state index contributed by atoms with van der Waals surface area (Å²) < 4.78 is 14.5. The van der Waals surface area contributed by atoms with E-state index in [2.05, 4.69) is 21.2 Å². The summed E-state index contributed by atoms with van der Waals surface area (Å²) in [5, 5.41) is 2.95. The highest BCUT2D eigenvalue weighted by molar-refractivity contribution is 9.10. The van der Waals surface area contributed by atoms with E-state index in [4.69, 9.17) is 0 Å². The monoisotopic (exact) mass is 424 g/mol. The van der Waals surface area contributed by atoms with Crippen LogP contribution in [-0.2, 0) is 4.79 Å². The van der Waals surface area contributed by atoms with E-state index >= 15 is 0 Å². The first-order valence-electron chi connectivity index (χ1n) is 8.03. The first-order valence-corrected chi connectivity index (χ1v) is 9.81. The molecule has 1 unspecified atom stereocenters. The summed E-state index contributed by atoms with van der Waals surface area (Å²) in [6.07, 6.45) is 0.440. The van der Waals surface area contributed by atoms with Gasteiger partial charge < -0.3 is 10.2 Å². The number of nitrogens with zero attached hydrogens (tertiary/aromatic N) is 1. The first-order chi connectivity index (χ1) is 12.0. The second-order valence-corrected chi connectivity index (χ2v) is 7.86. The van der Waals surface area contributed by atoms with Crippen molar-refractivity contribution in [2.75, 3.05) is 26.4 Å². The summed E-state index contributed by atoms with van der Waals surface area (Å²) in [6.45, 7) is 0.453. The topological polar surface area (TPSA) is 32.3 Å². The SMILES string of the molecule is CN(C)C(CNC(=O)CCSc1ccccc1Br)c1cccc(F)c1. The van der Waals surface area contributed by atoms with Crippen molar-refractivity contribution in [1.82, 2.24) is 10.2 Å². The largest absolute Gasteiger partial charge is 0.354 e. The Bertz CT molecular complexity index is 711. The van der Waals surface area contributed by atoms with Crippen molar-refractivity contribution in [3.63, 3.8) is 0 Å². The molecule has 0 aliphatic heterocycles. The molecular weight excluding hydrogens is 403 g/mol. The number of rotatable bonds is 8. The predicted molar refractivity (Wildman–Crippen MR) is 105 cm³/mol. The van der Waals surface area contributed by atoms with E-state index in [0.29, 0.717) is 18.7 Å². The zero-order chi connectivity index (χ0) is 18.2. The zero-order valence-corrected chi connectivity index (χ0v) is 16.7. The molecule has 1 N–H and O–H groups in total. The minimum Gasteiger partial charge on any atom is -0.354 e. The average Bonchev–Trinajstić information content (AvgIpc) is 2.56. The number of halogens is 2. The Kier molecular flexibility index (Phi) is 7.93. The fourth-order valence-electron chi connectivity index (χ4n) is 2.43. The summed E-state index contributed by atoms with van der Waals surface area (Å²) in [5.74, 6) is 0.449. The Hall–Kier alpha value is -1.37. The lowest BCUT2D eigenvalue weighted by atomic mass is 10.1. The third-order valence-electron chi connectivity index (χ3n) is 3.77. The molecule has 0 bridgehead atoms. The summed E-state index contributed by atoms with van der Waals surface area (Å²) in [5.41, 5.74) is 0.855. The fourth-order valence-corrected chi connectivity index (χ4v) is 3.94. The van der Waals surface area contributed by atoms with Gasteiger partial charge in [-0.3, -0.25) is 4.79 Å². The molecule has 0 saturated carbocycles. The molecule has 0 fully saturated rings. The average molecular weight is 425 g/mol. The van der Waals surface area contributed by atoms with Crippen LogP contribution in [0.1, 0.15) is 18.0 Å². The number of carbonyl (C=O) groups excluding carboxylic acids is 1. The number of hydrogen-bond acceptors (Lipinski definition) is 3. The van der Waals surface area contributed by atoms with Crippen molar-refractivity contribution in [3.05, 3.63) is 64.4 Å². The second kappa shape index (κ2) is 9.94. The molecule has 0 radical (unpaired) electrons. The molecule has 0 aliphatic rings. The van der Waals surface area contributed by atoms with Crippen LogP contribution in [-0.4, -0.2) is 37.2 Å². The van der Waals surface area contributed by atoms with Crippen molar-refractivity contribution in [2.45, 2.75) is 17.4 Å². The number of thioether (sulfide) groups is 1. The maximum atomic E-state index is 13.4. The summed E-state index contributed by atoms with van der Waals surface area (Å²) >= 11 is 5.15. The van der Waals surface area contributed by atoms with Crippen LogP contribution in [0.3, 0.4) is 0 Å². The van der Waals surface area contributed by atoms with Gasteiger partial charge in [-0.2, -0.15) is 0 Å². The number of benzene rings is 2. The minimum atomic E-state index is -0.263. The number of amides is 1. The van der Waals surface area contributed by atoms with E-state index < -0.39 is 0 Å². The van der Waals surface area contributed by atoms with E-state index in [9.17, 15) is 9.18 Å². The Labute approximate surface area is 161 Å². The van der Waals surface area contributed by atoms with Gasteiger partial charge in [0.25, 0.3) is 0 Å². The third kappa shape index (κ3) is 6.45. The third-order valence-corrected chi connectivity index (χ3v) is 5.80. The van der Waals surface area contributed by atoms with E-state index in [1.807, 2.05) is 49.3 Å². The number of carbonyl (C=O) groups is 1. The Balaban J connectivity index is 1.82. The van der Waals surface area contributed by atoms with Crippen LogP contribution in [0.5, 0.6) is 0 Å². The second-order valence-electron chi connectivity index (χ2n) is 5.87. The van der Waals surface area contributed by atoms with Crippen LogP contribution in [0, 0.1) is 5.82 Å². The molecule has 2 aromatic rings. The van der Waals surface area contributed by atoms with Crippen LogP contribution in [0.2, 0.25) is 0 Å². The molecule has 0 aromatic heterocycles. The molecular formula is C19H22BrFN2OS. The zero-order valence-electron chi connectivity index (χ0n) is 14.3. The molecule has 25 heavy (non-hydrogen) atoms. The normalized spacial score (nSPS) is 12.2. The van der Waals surface area contributed by atoms with E-state index in [-0.39, 0.29) is 17.8 Å². The number of nitrogens with one attached hydrogen (secondary N) is 1. The van der Waals surface area contributed by atoms with Crippen LogP contribution in [0.25, 0.3) is 0 Å². The molecule has 3 nitrogen and oxygen atoms in total. The van der Waals surface area contributed by atoms with E-state index in [1.54, 1.807) is 17.8 Å². The van der Waals surface area contributed by atoms with Gasteiger partial charge in [0.2, 0.25) is 5.91 Å². The summed E-state index contributed by atoms with van der Waals surface area (Å²) in [6, 6.07) is 14.4. The van der Waals surface area contributed by atoms with E-state index in [0.717, 1.165) is 14.9 Å². The van der Waals surface area contributed by atoms with Gasteiger partial charge in [0, 0.05) is 28.1 Å². The lowest BCUT2D eigenvalue weighted by Crippen LogP contribution is -2.34. The first kappa shape index (κ1) is 19.9.